The largest absolute Gasteiger partial charge is 0.457 e. The number of hydrogen-bond donors (Lipinski definition) is 0. The fourth-order valence-electron chi connectivity index (χ4n) is 0.0731. The van der Waals surface area contributed by atoms with Gasteiger partial charge >= 0.3 is 10.4 Å². The molecule has 0 spiro atoms. The van der Waals surface area contributed by atoms with Gasteiger partial charge in [0.15, 0.2) is 0 Å². The van der Waals surface area contributed by atoms with E-state index < -0.39 is 10.4 Å². The maximum absolute atomic E-state index is 9.52. The summed E-state index contributed by atoms with van der Waals surface area (Å²) in [6.07, 6.45) is 0. The topological polar surface area (TPSA) is 61.8 Å². The molecule has 0 aromatic heterocycles. The number of rotatable bonds is 0. The van der Waals surface area contributed by atoms with Crippen molar-refractivity contribution in [3.05, 3.63) is 0 Å². The van der Waals surface area contributed by atoms with Crippen molar-refractivity contribution >= 4 is 18.8 Å². The normalized spacial score (nSPS) is 24.6. The molecule has 3 radical (unpaired) electrons. The van der Waals surface area contributed by atoms with Crippen molar-refractivity contribution in [1.82, 2.24) is 0 Å². The van der Waals surface area contributed by atoms with Crippen LogP contribution in [0.3, 0.4) is 0 Å². The highest BCUT2D eigenvalue weighted by molar-refractivity contribution is 7.82. The molecule has 0 aliphatic carbocycles. The second kappa shape index (κ2) is 1.79. The molecule has 0 atom stereocenters. The van der Waals surface area contributed by atoms with Gasteiger partial charge in [-0.15, -0.1) is 0 Å². The summed E-state index contributed by atoms with van der Waals surface area (Å²) in [5, 5.41) is 3.35. The van der Waals surface area contributed by atoms with E-state index in [4.69, 9.17) is 0 Å². The van der Waals surface area contributed by atoms with E-state index in [1.54, 1.807) is 0 Å². The van der Waals surface area contributed by atoms with Gasteiger partial charge in [-0.2, -0.15) is 8.42 Å². The molecule has 1 saturated heterocycles. The lowest BCUT2D eigenvalue weighted by Crippen LogP contribution is -2.20. The van der Waals surface area contributed by atoms with E-state index in [9.17, 15) is 8.42 Å². The summed E-state index contributed by atoms with van der Waals surface area (Å²) in [6.45, 7) is 0. The van der Waals surface area contributed by atoms with E-state index >= 15 is 0 Å². The standard InChI is InChI=1S/B.O5S/c;1-6(2)4-3-5-6. The molecular weight excluding hydrogens is 123 g/mol. The van der Waals surface area contributed by atoms with Crippen LogP contribution in [0.5, 0.6) is 0 Å². The first-order valence-corrected chi connectivity index (χ1v) is 2.33. The predicted octanol–water partition coefficient (Wildman–Crippen LogP) is -1.26. The van der Waals surface area contributed by atoms with E-state index in [-0.39, 0.29) is 8.41 Å². The lowest BCUT2D eigenvalue weighted by atomic mass is 10.8. The van der Waals surface area contributed by atoms with Crippen molar-refractivity contribution in [3.63, 3.8) is 0 Å². The highest BCUT2D eigenvalue weighted by atomic mass is 32.3. The highest BCUT2D eigenvalue weighted by Gasteiger charge is 2.26. The number of hydrogen-bond acceptors (Lipinski definition) is 5. The van der Waals surface area contributed by atoms with Crippen LogP contribution in [-0.2, 0) is 24.1 Å². The average Bonchev–Trinajstić information content (AvgIpc) is 1.32. The molecule has 0 aromatic carbocycles. The summed E-state index contributed by atoms with van der Waals surface area (Å²) < 4.78 is 25.8. The van der Waals surface area contributed by atoms with Gasteiger partial charge in [-0.3, -0.25) is 0 Å². The van der Waals surface area contributed by atoms with Gasteiger partial charge in [0.1, 0.15) is 0 Å². The van der Waals surface area contributed by atoms with Crippen molar-refractivity contribution in [2.75, 3.05) is 0 Å². The summed E-state index contributed by atoms with van der Waals surface area (Å²) in [5.74, 6) is 0. The molecular formula is BO5S. The quantitative estimate of drug-likeness (QED) is 0.297. The van der Waals surface area contributed by atoms with Crippen molar-refractivity contribution < 1.29 is 22.1 Å². The van der Waals surface area contributed by atoms with Crippen LogP contribution in [0.25, 0.3) is 0 Å². The molecule has 0 unspecified atom stereocenters. The van der Waals surface area contributed by atoms with Gasteiger partial charge in [-0.05, 0) is 13.7 Å². The molecule has 0 aromatic rings. The predicted molar refractivity (Wildman–Crippen MR) is 17.9 cm³/mol. The Kier molecular flexibility index (Phi) is 1.76. The van der Waals surface area contributed by atoms with E-state index in [0.717, 1.165) is 0 Å². The van der Waals surface area contributed by atoms with Crippen LogP contribution < -0.4 is 0 Å². The van der Waals surface area contributed by atoms with Gasteiger partial charge in [-0.1, -0.05) is 0 Å². The Morgan fingerprint density at radius 1 is 1.14 bits per heavy atom. The van der Waals surface area contributed by atoms with Gasteiger partial charge in [0.2, 0.25) is 0 Å². The van der Waals surface area contributed by atoms with Crippen LogP contribution in [0.4, 0.5) is 0 Å². The molecule has 0 saturated carbocycles. The zero-order chi connectivity index (χ0) is 4.62. The molecule has 1 rings (SSSR count). The molecule has 0 amide bonds. The third-order valence-corrected chi connectivity index (χ3v) is 0.667. The van der Waals surface area contributed by atoms with Gasteiger partial charge in [0.05, 0.1) is 0 Å². The molecule has 1 heterocycles. The van der Waals surface area contributed by atoms with Crippen LogP contribution in [0.1, 0.15) is 0 Å². The molecule has 39 valence electrons. The van der Waals surface area contributed by atoms with Gasteiger partial charge in [-0.25, -0.2) is 0 Å². The molecule has 1 aliphatic rings. The minimum Gasteiger partial charge on any atom is -0.164 e. The van der Waals surface area contributed by atoms with E-state index in [0.29, 0.717) is 0 Å². The molecule has 0 N–H and O–H groups in total. The summed E-state index contributed by atoms with van der Waals surface area (Å²) in [7, 11) is -3.70. The van der Waals surface area contributed by atoms with Crippen LogP contribution in [0, 0.1) is 0 Å². The molecule has 5 nitrogen and oxygen atoms in total. The Morgan fingerprint density at radius 3 is 1.43 bits per heavy atom. The lowest BCUT2D eigenvalue weighted by molar-refractivity contribution is -0.477. The summed E-state index contributed by atoms with van der Waals surface area (Å²) >= 11 is 0. The van der Waals surface area contributed by atoms with Crippen molar-refractivity contribution in [1.29, 1.82) is 0 Å². The first-order valence-electron chi connectivity index (χ1n) is 1.00. The summed E-state index contributed by atoms with van der Waals surface area (Å²) in [4.78, 5) is 0. The summed E-state index contributed by atoms with van der Waals surface area (Å²) in [6, 6.07) is 0. The van der Waals surface area contributed by atoms with Crippen molar-refractivity contribution in [3.8, 4) is 0 Å². The Hall–Kier alpha value is -0.105. The Morgan fingerprint density at radius 2 is 1.43 bits per heavy atom. The molecule has 1 fully saturated rings. The van der Waals surface area contributed by atoms with Gasteiger partial charge in [0, 0.05) is 8.41 Å². The van der Waals surface area contributed by atoms with Crippen molar-refractivity contribution in [2.45, 2.75) is 0 Å². The summed E-state index contributed by atoms with van der Waals surface area (Å²) in [5.41, 5.74) is 0. The zero-order valence-electron chi connectivity index (χ0n) is 3.03. The monoisotopic (exact) mass is 123 g/mol. The fraction of sp³-hybridized carbons (Fsp3) is 0. The van der Waals surface area contributed by atoms with E-state index in [2.05, 4.69) is 13.7 Å². The molecule has 7 heavy (non-hydrogen) atoms. The maximum atomic E-state index is 9.52. The first kappa shape index (κ1) is 6.89. The third kappa shape index (κ3) is 1.43. The van der Waals surface area contributed by atoms with Crippen LogP contribution >= 0.6 is 0 Å². The lowest BCUT2D eigenvalue weighted by Gasteiger charge is -2.05. The average molecular weight is 123 g/mol. The van der Waals surface area contributed by atoms with E-state index in [1.165, 1.54) is 0 Å². The fourth-order valence-corrected chi connectivity index (χ4v) is 0.219. The van der Waals surface area contributed by atoms with Crippen LogP contribution in [-0.4, -0.2) is 16.8 Å². The Balaban J connectivity index is 0.000000360. The first-order chi connectivity index (χ1) is 2.71. The highest BCUT2D eigenvalue weighted by Crippen LogP contribution is 2.07. The van der Waals surface area contributed by atoms with Crippen LogP contribution in [0.15, 0.2) is 0 Å². The minimum atomic E-state index is -3.70. The minimum absolute atomic E-state index is 0. The molecule has 0 bridgehead atoms. The second-order valence-electron chi connectivity index (χ2n) is 0.612. The van der Waals surface area contributed by atoms with Gasteiger partial charge in [0.25, 0.3) is 0 Å². The van der Waals surface area contributed by atoms with Crippen molar-refractivity contribution in [2.24, 2.45) is 0 Å². The van der Waals surface area contributed by atoms with E-state index in [1.807, 2.05) is 0 Å². The third-order valence-electron chi connectivity index (χ3n) is 0.222. The SMILES string of the molecule is O=S1(=O)OOO1.[B]. The second-order valence-corrected chi connectivity index (χ2v) is 1.70. The maximum Gasteiger partial charge on any atom is 0.457 e. The van der Waals surface area contributed by atoms with Crippen LogP contribution in [0.2, 0.25) is 0 Å². The smallest absolute Gasteiger partial charge is 0.164 e. The Labute approximate surface area is 41.9 Å². The molecule has 1 aliphatic heterocycles. The zero-order valence-corrected chi connectivity index (χ0v) is 3.84. The molecule has 7 heteroatoms. The Bertz CT molecular complexity index is 122. The van der Waals surface area contributed by atoms with Gasteiger partial charge < -0.3 is 0 Å².